The number of phenols is 2. The normalized spacial score (nSPS) is 9.85. The van der Waals surface area contributed by atoms with Gasteiger partial charge in [-0.05, 0) is 24.3 Å². The molecular weight excluding hydrogens is 311 g/mol. The quantitative estimate of drug-likeness (QED) is 0.352. The Morgan fingerprint density at radius 2 is 1.50 bits per heavy atom. The maximum atomic E-state index is 10.5. The molecule has 0 unspecified atom stereocenters. The van der Waals surface area contributed by atoms with Crippen molar-refractivity contribution in [2.24, 2.45) is 0 Å². The van der Waals surface area contributed by atoms with Crippen molar-refractivity contribution in [1.29, 1.82) is 0 Å². The summed E-state index contributed by atoms with van der Waals surface area (Å²) in [6, 6.07) is 12.0. The molecule has 2 rings (SSSR count). The monoisotopic (exact) mass is 322 g/mol. The summed E-state index contributed by atoms with van der Waals surface area (Å²) in [6.07, 6.45) is 0. The van der Waals surface area contributed by atoms with Gasteiger partial charge in [0.05, 0.1) is 10.6 Å². The number of phenolic OH excluding ortho intramolecular Hbond substituents is 2. The third-order valence-corrected chi connectivity index (χ3v) is 3.18. The van der Waals surface area contributed by atoms with E-state index in [4.69, 9.17) is 14.8 Å². The average Bonchev–Trinajstić information content (AvgIpc) is 2.33. The first-order valence-corrected chi connectivity index (χ1v) is 6.87. The van der Waals surface area contributed by atoms with Crippen LogP contribution in [0.3, 0.4) is 0 Å². The predicted octanol–water partition coefficient (Wildman–Crippen LogP) is -1.06. The van der Waals surface area contributed by atoms with Gasteiger partial charge in [0.15, 0.2) is 0 Å². The van der Waals surface area contributed by atoms with Crippen LogP contribution in [0, 0.1) is 0 Å². The Morgan fingerprint density at radius 3 is 1.85 bits per heavy atom. The van der Waals surface area contributed by atoms with Crippen LogP contribution in [0.1, 0.15) is 0 Å². The van der Waals surface area contributed by atoms with Crippen molar-refractivity contribution in [3.05, 3.63) is 48.5 Å². The molecule has 102 valence electrons. The Balaban J connectivity index is 0.000000387. The molecule has 2 aromatic rings. The second-order valence-electron chi connectivity index (χ2n) is 3.44. The molecule has 0 aliphatic heterocycles. The average molecular weight is 322 g/mol. The zero-order valence-corrected chi connectivity index (χ0v) is 14.2. The topological polar surface area (TPSA) is 94.8 Å². The molecule has 0 amide bonds. The fraction of sp³-hybridized carbons (Fsp3) is 0. The van der Waals surface area contributed by atoms with Gasteiger partial charge in [0.1, 0.15) is 5.75 Å². The van der Waals surface area contributed by atoms with Crippen molar-refractivity contribution >= 4 is 22.7 Å². The van der Waals surface area contributed by atoms with Gasteiger partial charge in [0, 0.05) is 0 Å². The van der Waals surface area contributed by atoms with Gasteiger partial charge in [0.25, 0.3) is 10.1 Å². The van der Waals surface area contributed by atoms with E-state index in [9.17, 15) is 8.42 Å². The first-order chi connectivity index (χ1) is 8.80. The smallest absolute Gasteiger partial charge is 0.776 e. The number of hydrogen-bond donors (Lipinski definition) is 3. The Hall–Kier alpha value is -0.830. The number of benzene rings is 2. The molecule has 20 heavy (non-hydrogen) atoms. The molecule has 0 atom stereocenters. The first-order valence-electron chi connectivity index (χ1n) is 5.02. The van der Waals surface area contributed by atoms with Crippen molar-refractivity contribution in [2.45, 2.75) is 9.79 Å². The van der Waals surface area contributed by atoms with Gasteiger partial charge >= 0.3 is 29.6 Å². The molecule has 3 N–H and O–H groups in total. The fourth-order valence-electron chi connectivity index (χ4n) is 1.09. The van der Waals surface area contributed by atoms with Crippen LogP contribution < -0.4 is 29.6 Å². The van der Waals surface area contributed by atoms with Gasteiger partial charge in [-0.15, -0.1) is 4.90 Å². The maximum absolute atomic E-state index is 10.5. The summed E-state index contributed by atoms with van der Waals surface area (Å²) in [5.41, 5.74) is 0. The van der Waals surface area contributed by atoms with Crippen LogP contribution in [0.2, 0.25) is 0 Å². The van der Waals surface area contributed by atoms with Crippen LogP contribution in [0.4, 0.5) is 0 Å². The maximum Gasteiger partial charge on any atom is 1.00 e. The van der Waals surface area contributed by atoms with E-state index in [2.05, 4.69) is 12.6 Å². The third-order valence-electron chi connectivity index (χ3n) is 1.98. The second-order valence-corrected chi connectivity index (χ2v) is 5.30. The van der Waals surface area contributed by atoms with Gasteiger partial charge in [-0.1, -0.05) is 24.3 Å². The summed E-state index contributed by atoms with van der Waals surface area (Å²) >= 11 is 4.61. The molecule has 0 bridgehead atoms. The molecule has 0 aliphatic rings. The summed E-state index contributed by atoms with van der Waals surface area (Å²) < 4.78 is 29.5. The summed E-state index contributed by atoms with van der Waals surface area (Å²) in [5.74, 6) is -0.0115. The molecule has 0 heterocycles. The summed E-state index contributed by atoms with van der Waals surface area (Å²) in [6.45, 7) is 0. The molecule has 0 fully saturated rings. The van der Waals surface area contributed by atoms with E-state index in [1.165, 1.54) is 6.07 Å². The zero-order chi connectivity index (χ0) is 14.5. The van der Waals surface area contributed by atoms with E-state index in [0.29, 0.717) is 5.75 Å². The standard InChI is InChI=1S/C6H6O4S2.C6H6O.Na/c7-5-3-4(12(8,9)10)1-2-6(5)11;7-6-4-2-1-3-5-6;/h1-3,7,11H,(H,8,9,10);1-5,7H;/q;;+1/p-1. The number of para-hydroxylation sites is 1. The zero-order valence-electron chi connectivity index (χ0n) is 10.6. The summed E-state index contributed by atoms with van der Waals surface area (Å²) in [4.78, 5) is -0.226. The minimum atomic E-state index is -4.25. The predicted molar refractivity (Wildman–Crippen MR) is 71.7 cm³/mol. The van der Waals surface area contributed by atoms with Crippen molar-refractivity contribution < 1.29 is 52.7 Å². The molecule has 0 spiro atoms. The molecule has 0 aliphatic carbocycles. The molecule has 0 saturated heterocycles. The van der Waals surface area contributed by atoms with Gasteiger partial charge in [-0.25, -0.2) is 0 Å². The Kier molecular flexibility index (Phi) is 8.10. The number of hydrogen-bond acceptors (Lipinski definition) is 5. The third kappa shape index (κ3) is 6.56. The van der Waals surface area contributed by atoms with Crippen molar-refractivity contribution in [3.8, 4) is 11.5 Å². The van der Waals surface area contributed by atoms with Crippen LogP contribution in [0.5, 0.6) is 11.5 Å². The van der Waals surface area contributed by atoms with E-state index in [1.54, 1.807) is 24.3 Å². The minimum Gasteiger partial charge on any atom is -0.776 e. The van der Waals surface area contributed by atoms with Crippen LogP contribution in [0.25, 0.3) is 0 Å². The molecular formula is C12H11NaO5S2. The van der Waals surface area contributed by atoms with E-state index in [0.717, 1.165) is 12.1 Å². The van der Waals surface area contributed by atoms with Gasteiger partial charge < -0.3 is 22.8 Å². The van der Waals surface area contributed by atoms with Crippen molar-refractivity contribution in [1.82, 2.24) is 0 Å². The first kappa shape index (κ1) is 19.2. The molecule has 2 aromatic carbocycles. The van der Waals surface area contributed by atoms with E-state index in [1.807, 2.05) is 6.07 Å². The van der Waals surface area contributed by atoms with E-state index in [-0.39, 0.29) is 45.1 Å². The largest absolute Gasteiger partial charge is 1.00 e. The van der Waals surface area contributed by atoms with Crippen molar-refractivity contribution in [3.63, 3.8) is 0 Å². The van der Waals surface area contributed by atoms with Crippen LogP contribution in [0.15, 0.2) is 58.3 Å². The molecule has 0 saturated carbocycles. The number of aromatic hydroxyl groups is 2. The Morgan fingerprint density at radius 1 is 0.950 bits per heavy atom. The SMILES string of the molecule is O=S(=O)(O)c1ccc([S-])c(O)c1.Oc1ccccc1.[Na+]. The van der Waals surface area contributed by atoms with E-state index >= 15 is 0 Å². The fourth-order valence-corrected chi connectivity index (χ4v) is 1.71. The Labute approximate surface area is 144 Å². The van der Waals surface area contributed by atoms with E-state index < -0.39 is 10.1 Å². The van der Waals surface area contributed by atoms with Gasteiger partial charge in [-0.2, -0.15) is 8.42 Å². The van der Waals surface area contributed by atoms with Gasteiger partial charge in [-0.3, -0.25) is 4.55 Å². The second kappa shape index (κ2) is 8.46. The Bertz CT molecular complexity index is 644. The minimum absolute atomic E-state index is 0. The van der Waals surface area contributed by atoms with Gasteiger partial charge in [0.2, 0.25) is 0 Å². The molecule has 5 nitrogen and oxygen atoms in total. The summed E-state index contributed by atoms with van der Waals surface area (Å²) in [7, 11) is -4.25. The van der Waals surface area contributed by atoms with Crippen LogP contribution in [-0.4, -0.2) is 23.2 Å². The van der Waals surface area contributed by atoms with Crippen molar-refractivity contribution in [2.75, 3.05) is 0 Å². The molecule has 8 heteroatoms. The number of rotatable bonds is 1. The molecule has 0 aromatic heterocycles. The van der Waals surface area contributed by atoms with Crippen LogP contribution >= 0.6 is 0 Å². The molecule has 0 radical (unpaired) electrons. The van der Waals surface area contributed by atoms with Crippen LogP contribution in [-0.2, 0) is 22.7 Å². The summed E-state index contributed by atoms with van der Waals surface area (Å²) in [5, 5.41) is 17.6.